The lowest BCUT2D eigenvalue weighted by Crippen LogP contribution is -2.26. The molecule has 1 atom stereocenters. The minimum absolute atomic E-state index is 0.0841. The van der Waals surface area contributed by atoms with Crippen molar-refractivity contribution >= 4 is 0 Å². The molecule has 0 aromatic heterocycles. The molecular formula is C14H23NO4. The molecule has 0 bridgehead atoms. The van der Waals surface area contributed by atoms with Gasteiger partial charge in [0, 0.05) is 6.04 Å². The first-order valence-corrected chi connectivity index (χ1v) is 6.40. The van der Waals surface area contributed by atoms with Crippen molar-refractivity contribution in [3.8, 4) is 17.2 Å². The Kier molecular flexibility index (Phi) is 7.07. The molecule has 0 fully saturated rings. The molecular weight excluding hydrogens is 246 g/mol. The van der Waals surface area contributed by atoms with Gasteiger partial charge in [-0.05, 0) is 18.6 Å². The van der Waals surface area contributed by atoms with Gasteiger partial charge in [0.05, 0.1) is 27.4 Å². The number of benzene rings is 1. The fourth-order valence-electron chi connectivity index (χ4n) is 1.51. The van der Waals surface area contributed by atoms with E-state index in [1.54, 1.807) is 14.2 Å². The van der Waals surface area contributed by atoms with E-state index in [4.69, 9.17) is 24.7 Å². The average molecular weight is 269 g/mol. The quantitative estimate of drug-likeness (QED) is 0.693. The molecule has 5 heteroatoms. The summed E-state index contributed by atoms with van der Waals surface area (Å²) in [5.74, 6) is 1.88. The summed E-state index contributed by atoms with van der Waals surface area (Å²) in [5, 5.41) is 0. The van der Waals surface area contributed by atoms with Crippen molar-refractivity contribution in [1.29, 1.82) is 0 Å². The predicted molar refractivity (Wildman–Crippen MR) is 74.1 cm³/mol. The minimum atomic E-state index is 0.0841. The first-order valence-electron chi connectivity index (χ1n) is 6.40. The molecule has 108 valence electrons. The molecule has 1 rings (SSSR count). The van der Waals surface area contributed by atoms with Gasteiger partial charge in [0.25, 0.3) is 0 Å². The third-order valence-electron chi connectivity index (χ3n) is 2.71. The Morgan fingerprint density at radius 2 is 1.74 bits per heavy atom. The van der Waals surface area contributed by atoms with E-state index in [-0.39, 0.29) is 6.04 Å². The van der Waals surface area contributed by atoms with Crippen molar-refractivity contribution in [1.82, 2.24) is 0 Å². The molecule has 0 heterocycles. The van der Waals surface area contributed by atoms with E-state index in [1.165, 1.54) is 0 Å². The number of rotatable bonds is 9. The van der Waals surface area contributed by atoms with Gasteiger partial charge in [0.2, 0.25) is 5.75 Å². The zero-order valence-electron chi connectivity index (χ0n) is 11.8. The smallest absolute Gasteiger partial charge is 0.203 e. The van der Waals surface area contributed by atoms with Crippen molar-refractivity contribution in [3.63, 3.8) is 0 Å². The SMILES string of the molecule is CCC(N)COCCOc1c(OC)cccc1OC. The van der Waals surface area contributed by atoms with Crippen LogP contribution in [0.5, 0.6) is 17.2 Å². The van der Waals surface area contributed by atoms with Gasteiger partial charge in [-0.3, -0.25) is 0 Å². The molecule has 2 N–H and O–H groups in total. The Labute approximate surface area is 114 Å². The summed E-state index contributed by atoms with van der Waals surface area (Å²) in [4.78, 5) is 0. The Morgan fingerprint density at radius 3 is 2.26 bits per heavy atom. The minimum Gasteiger partial charge on any atom is -0.493 e. The Balaban J connectivity index is 2.44. The molecule has 1 aromatic carbocycles. The Hall–Kier alpha value is -1.46. The van der Waals surface area contributed by atoms with Gasteiger partial charge < -0.3 is 24.7 Å². The number of ether oxygens (including phenoxy) is 4. The highest BCUT2D eigenvalue weighted by Gasteiger charge is 2.10. The van der Waals surface area contributed by atoms with Gasteiger partial charge >= 0.3 is 0 Å². The molecule has 5 nitrogen and oxygen atoms in total. The summed E-state index contributed by atoms with van der Waals surface area (Å²) in [6, 6.07) is 5.58. The molecule has 1 aromatic rings. The van der Waals surface area contributed by atoms with Crippen molar-refractivity contribution < 1.29 is 18.9 Å². The van der Waals surface area contributed by atoms with Crippen LogP contribution in [-0.2, 0) is 4.74 Å². The van der Waals surface area contributed by atoms with Crippen LogP contribution in [0.25, 0.3) is 0 Å². The van der Waals surface area contributed by atoms with Crippen LogP contribution >= 0.6 is 0 Å². The monoisotopic (exact) mass is 269 g/mol. The molecule has 19 heavy (non-hydrogen) atoms. The van der Waals surface area contributed by atoms with Crippen LogP contribution in [0.1, 0.15) is 13.3 Å². The van der Waals surface area contributed by atoms with Crippen LogP contribution in [0.2, 0.25) is 0 Å². The maximum atomic E-state index is 5.75. The number of nitrogens with two attached hydrogens (primary N) is 1. The zero-order chi connectivity index (χ0) is 14.1. The van der Waals surface area contributed by atoms with Gasteiger partial charge in [0.1, 0.15) is 6.61 Å². The lowest BCUT2D eigenvalue weighted by atomic mass is 10.3. The predicted octanol–water partition coefficient (Wildman–Crippen LogP) is 1.84. The second-order valence-electron chi connectivity index (χ2n) is 4.08. The van der Waals surface area contributed by atoms with Gasteiger partial charge in [-0.15, -0.1) is 0 Å². The Bertz CT molecular complexity index is 348. The summed E-state index contributed by atoms with van der Waals surface area (Å²) in [6.45, 7) is 3.48. The van der Waals surface area contributed by atoms with Crippen LogP contribution in [0.4, 0.5) is 0 Å². The summed E-state index contributed by atoms with van der Waals surface area (Å²) in [7, 11) is 3.19. The molecule has 0 spiro atoms. The largest absolute Gasteiger partial charge is 0.493 e. The third-order valence-corrected chi connectivity index (χ3v) is 2.71. The molecule has 0 aliphatic heterocycles. The van der Waals surface area contributed by atoms with Crippen LogP contribution in [0.3, 0.4) is 0 Å². The molecule has 0 aliphatic carbocycles. The summed E-state index contributed by atoms with van der Waals surface area (Å²) < 4.78 is 21.5. The van der Waals surface area contributed by atoms with Crippen LogP contribution in [-0.4, -0.2) is 40.1 Å². The average Bonchev–Trinajstić information content (AvgIpc) is 2.46. The summed E-state index contributed by atoms with van der Waals surface area (Å²) in [5.41, 5.74) is 5.75. The van der Waals surface area contributed by atoms with E-state index < -0.39 is 0 Å². The van der Waals surface area contributed by atoms with E-state index in [2.05, 4.69) is 0 Å². The van der Waals surface area contributed by atoms with Crippen molar-refractivity contribution in [2.75, 3.05) is 34.0 Å². The van der Waals surface area contributed by atoms with Crippen LogP contribution in [0, 0.1) is 0 Å². The lowest BCUT2D eigenvalue weighted by molar-refractivity contribution is 0.0878. The summed E-state index contributed by atoms with van der Waals surface area (Å²) in [6.07, 6.45) is 0.904. The topological polar surface area (TPSA) is 62.9 Å². The van der Waals surface area contributed by atoms with E-state index in [1.807, 2.05) is 25.1 Å². The second kappa shape index (κ2) is 8.61. The lowest BCUT2D eigenvalue weighted by Gasteiger charge is -2.14. The standard InChI is InChI=1S/C14H23NO4/c1-4-11(15)10-18-8-9-19-14-12(16-2)6-5-7-13(14)17-3/h5-7,11H,4,8-10,15H2,1-3H3. The van der Waals surface area contributed by atoms with E-state index in [0.29, 0.717) is 37.1 Å². The molecule has 0 radical (unpaired) electrons. The number of para-hydroxylation sites is 1. The van der Waals surface area contributed by atoms with Crippen LogP contribution < -0.4 is 19.9 Å². The van der Waals surface area contributed by atoms with Gasteiger partial charge in [-0.1, -0.05) is 13.0 Å². The number of hydrogen-bond acceptors (Lipinski definition) is 5. The highest BCUT2D eigenvalue weighted by molar-refractivity contribution is 5.51. The van der Waals surface area contributed by atoms with Gasteiger partial charge in [-0.25, -0.2) is 0 Å². The zero-order valence-corrected chi connectivity index (χ0v) is 11.8. The first kappa shape index (κ1) is 15.6. The van der Waals surface area contributed by atoms with Crippen molar-refractivity contribution in [3.05, 3.63) is 18.2 Å². The normalized spacial score (nSPS) is 12.0. The Morgan fingerprint density at radius 1 is 1.11 bits per heavy atom. The van der Waals surface area contributed by atoms with Crippen molar-refractivity contribution in [2.45, 2.75) is 19.4 Å². The van der Waals surface area contributed by atoms with E-state index in [9.17, 15) is 0 Å². The molecule has 0 aliphatic rings. The molecule has 0 saturated heterocycles. The maximum Gasteiger partial charge on any atom is 0.203 e. The molecule has 0 saturated carbocycles. The van der Waals surface area contributed by atoms with Gasteiger partial charge in [0.15, 0.2) is 11.5 Å². The van der Waals surface area contributed by atoms with E-state index in [0.717, 1.165) is 6.42 Å². The summed E-state index contributed by atoms with van der Waals surface area (Å²) >= 11 is 0. The molecule has 0 amide bonds. The van der Waals surface area contributed by atoms with Crippen LogP contribution in [0.15, 0.2) is 18.2 Å². The third kappa shape index (κ3) is 4.96. The fraction of sp³-hybridized carbons (Fsp3) is 0.571. The number of hydrogen-bond donors (Lipinski definition) is 1. The first-order chi connectivity index (χ1) is 9.22. The maximum absolute atomic E-state index is 5.75. The molecule has 1 unspecified atom stereocenters. The highest BCUT2D eigenvalue weighted by atomic mass is 16.6. The van der Waals surface area contributed by atoms with E-state index >= 15 is 0 Å². The highest BCUT2D eigenvalue weighted by Crippen LogP contribution is 2.36. The fourth-order valence-corrected chi connectivity index (χ4v) is 1.51. The number of methoxy groups -OCH3 is 2. The van der Waals surface area contributed by atoms with Gasteiger partial charge in [-0.2, -0.15) is 0 Å². The second-order valence-corrected chi connectivity index (χ2v) is 4.08. The van der Waals surface area contributed by atoms with Crippen molar-refractivity contribution in [2.24, 2.45) is 5.73 Å².